The molecular formula is C13H17FN. The van der Waals surface area contributed by atoms with Crippen molar-refractivity contribution in [2.45, 2.75) is 18.8 Å². The van der Waals surface area contributed by atoms with Gasteiger partial charge in [-0.25, -0.2) is 4.39 Å². The molecule has 2 rings (SSSR count). The van der Waals surface area contributed by atoms with Crippen molar-refractivity contribution >= 4 is 0 Å². The fraction of sp³-hybridized carbons (Fsp3) is 0.462. The van der Waals surface area contributed by atoms with Gasteiger partial charge in [-0.2, -0.15) is 0 Å². The van der Waals surface area contributed by atoms with E-state index in [9.17, 15) is 4.39 Å². The van der Waals surface area contributed by atoms with E-state index < -0.39 is 0 Å². The van der Waals surface area contributed by atoms with Gasteiger partial charge < -0.3 is 4.90 Å². The molecule has 0 unspecified atom stereocenters. The molecule has 0 bridgehead atoms. The molecule has 15 heavy (non-hydrogen) atoms. The smallest absolute Gasteiger partial charge is 0.123 e. The first-order valence-electron chi connectivity index (χ1n) is 5.56. The van der Waals surface area contributed by atoms with E-state index in [0.29, 0.717) is 5.92 Å². The third-order valence-corrected chi connectivity index (χ3v) is 3.25. The first kappa shape index (κ1) is 10.6. The van der Waals surface area contributed by atoms with Gasteiger partial charge in [0, 0.05) is 0 Å². The Bertz CT molecular complexity index is 299. The van der Waals surface area contributed by atoms with Gasteiger partial charge in [0.1, 0.15) is 5.82 Å². The molecule has 1 nitrogen and oxygen atoms in total. The summed E-state index contributed by atoms with van der Waals surface area (Å²) in [7, 11) is 0. The number of halogens is 1. The fourth-order valence-electron chi connectivity index (χ4n) is 2.22. The average molecular weight is 206 g/mol. The normalized spacial score (nSPS) is 19.3. The van der Waals surface area contributed by atoms with Crippen molar-refractivity contribution in [3.8, 4) is 0 Å². The van der Waals surface area contributed by atoms with Gasteiger partial charge in [-0.1, -0.05) is 12.1 Å². The molecule has 1 aromatic carbocycles. The van der Waals surface area contributed by atoms with Crippen molar-refractivity contribution in [1.29, 1.82) is 0 Å². The third kappa shape index (κ3) is 2.57. The Morgan fingerprint density at radius 2 is 1.80 bits per heavy atom. The molecule has 1 aromatic rings. The van der Waals surface area contributed by atoms with Crippen LogP contribution >= 0.6 is 0 Å². The zero-order chi connectivity index (χ0) is 10.7. The second-order valence-corrected chi connectivity index (χ2v) is 4.17. The maximum absolute atomic E-state index is 12.8. The topological polar surface area (TPSA) is 3.24 Å². The summed E-state index contributed by atoms with van der Waals surface area (Å²) in [6, 6.07) is 6.95. The maximum Gasteiger partial charge on any atom is 0.123 e. The lowest BCUT2D eigenvalue weighted by molar-refractivity contribution is 0.231. The van der Waals surface area contributed by atoms with Gasteiger partial charge in [-0.3, -0.25) is 0 Å². The fourth-order valence-corrected chi connectivity index (χ4v) is 2.22. The van der Waals surface area contributed by atoms with E-state index in [0.717, 1.165) is 19.6 Å². The van der Waals surface area contributed by atoms with Crippen molar-refractivity contribution < 1.29 is 4.39 Å². The van der Waals surface area contributed by atoms with Crippen LogP contribution in [0.2, 0.25) is 0 Å². The molecule has 0 atom stereocenters. The maximum atomic E-state index is 12.8. The summed E-state index contributed by atoms with van der Waals surface area (Å²) < 4.78 is 12.8. The van der Waals surface area contributed by atoms with Gasteiger partial charge in [0.05, 0.1) is 0 Å². The van der Waals surface area contributed by atoms with E-state index in [-0.39, 0.29) is 5.82 Å². The molecule has 1 aliphatic rings. The number of nitrogens with zero attached hydrogens (tertiary/aromatic N) is 1. The van der Waals surface area contributed by atoms with Crippen LogP contribution in [0.1, 0.15) is 24.3 Å². The highest BCUT2D eigenvalue weighted by Gasteiger charge is 2.19. The number of hydrogen-bond acceptors (Lipinski definition) is 1. The second kappa shape index (κ2) is 4.75. The molecule has 0 spiro atoms. The minimum Gasteiger partial charge on any atom is -0.303 e. The van der Waals surface area contributed by atoms with Crippen molar-refractivity contribution in [1.82, 2.24) is 4.90 Å². The molecule has 1 saturated heterocycles. The van der Waals surface area contributed by atoms with Gasteiger partial charge >= 0.3 is 0 Å². The SMILES string of the molecule is [CH2]CN1CCC(c2ccc(F)cc2)CC1. The number of piperidine rings is 1. The first-order valence-corrected chi connectivity index (χ1v) is 5.56. The Labute approximate surface area is 90.9 Å². The van der Waals surface area contributed by atoms with Crippen molar-refractivity contribution in [2.75, 3.05) is 19.6 Å². The van der Waals surface area contributed by atoms with E-state index in [1.165, 1.54) is 18.4 Å². The van der Waals surface area contributed by atoms with Crippen LogP contribution in [0.15, 0.2) is 24.3 Å². The number of likely N-dealkylation sites (tertiary alicyclic amines) is 1. The summed E-state index contributed by atoms with van der Waals surface area (Å²) >= 11 is 0. The van der Waals surface area contributed by atoms with Gasteiger partial charge in [0.2, 0.25) is 0 Å². The highest BCUT2D eigenvalue weighted by molar-refractivity contribution is 5.21. The summed E-state index contributed by atoms with van der Waals surface area (Å²) in [6.07, 6.45) is 2.34. The Morgan fingerprint density at radius 1 is 1.20 bits per heavy atom. The standard InChI is InChI=1S/C13H17FN/c1-2-15-9-7-12(8-10-15)11-3-5-13(14)6-4-11/h3-6,12H,1-2,7-10H2. The lowest BCUT2D eigenvalue weighted by Crippen LogP contribution is -2.32. The largest absolute Gasteiger partial charge is 0.303 e. The van der Waals surface area contributed by atoms with Gasteiger partial charge in [-0.05, 0) is 63.0 Å². The number of hydrogen-bond donors (Lipinski definition) is 0. The van der Waals surface area contributed by atoms with Crippen LogP contribution in [0.25, 0.3) is 0 Å². The zero-order valence-corrected chi connectivity index (χ0v) is 8.95. The second-order valence-electron chi connectivity index (χ2n) is 4.17. The van der Waals surface area contributed by atoms with E-state index in [1.54, 1.807) is 12.1 Å². The molecule has 0 N–H and O–H groups in total. The predicted octanol–water partition coefficient (Wildman–Crippen LogP) is 2.84. The molecule has 0 amide bonds. The van der Waals surface area contributed by atoms with Crippen LogP contribution in [-0.2, 0) is 0 Å². The lowest BCUT2D eigenvalue weighted by Gasteiger charge is -2.31. The summed E-state index contributed by atoms with van der Waals surface area (Å²) in [6.45, 7) is 7.03. The summed E-state index contributed by atoms with van der Waals surface area (Å²) in [5, 5.41) is 0. The van der Waals surface area contributed by atoms with Gasteiger partial charge in [0.15, 0.2) is 0 Å². The summed E-state index contributed by atoms with van der Waals surface area (Å²) in [5.41, 5.74) is 1.28. The number of rotatable bonds is 2. The van der Waals surface area contributed by atoms with Gasteiger partial charge in [0.25, 0.3) is 0 Å². The highest BCUT2D eigenvalue weighted by Crippen LogP contribution is 2.27. The molecule has 1 aliphatic heterocycles. The van der Waals surface area contributed by atoms with Gasteiger partial charge in [-0.15, -0.1) is 0 Å². The summed E-state index contributed by atoms with van der Waals surface area (Å²) in [5.74, 6) is 0.461. The molecular weight excluding hydrogens is 189 g/mol. The quantitative estimate of drug-likeness (QED) is 0.719. The molecule has 0 saturated carbocycles. The highest BCUT2D eigenvalue weighted by atomic mass is 19.1. The van der Waals surface area contributed by atoms with E-state index in [4.69, 9.17) is 0 Å². The Morgan fingerprint density at radius 3 is 2.33 bits per heavy atom. The Hall–Kier alpha value is -0.890. The monoisotopic (exact) mass is 206 g/mol. The predicted molar refractivity (Wildman–Crippen MR) is 60.2 cm³/mol. The molecule has 1 fully saturated rings. The molecule has 1 radical (unpaired) electrons. The van der Waals surface area contributed by atoms with Crippen molar-refractivity contribution in [3.05, 3.63) is 42.6 Å². The van der Waals surface area contributed by atoms with Crippen LogP contribution in [0.5, 0.6) is 0 Å². The molecule has 0 aromatic heterocycles. The molecule has 0 aliphatic carbocycles. The summed E-state index contributed by atoms with van der Waals surface area (Å²) in [4.78, 5) is 2.36. The average Bonchev–Trinajstić information content (AvgIpc) is 2.30. The van der Waals surface area contributed by atoms with Crippen LogP contribution < -0.4 is 0 Å². The van der Waals surface area contributed by atoms with Crippen molar-refractivity contribution in [2.24, 2.45) is 0 Å². The molecule has 81 valence electrons. The zero-order valence-electron chi connectivity index (χ0n) is 8.95. The first-order chi connectivity index (χ1) is 7.29. The Kier molecular flexibility index (Phi) is 3.37. The van der Waals surface area contributed by atoms with E-state index in [2.05, 4.69) is 11.8 Å². The van der Waals surface area contributed by atoms with E-state index in [1.807, 2.05) is 12.1 Å². The van der Waals surface area contributed by atoms with Crippen LogP contribution in [-0.4, -0.2) is 24.5 Å². The third-order valence-electron chi connectivity index (χ3n) is 3.25. The Balaban J connectivity index is 1.98. The van der Waals surface area contributed by atoms with Crippen LogP contribution in [0.4, 0.5) is 4.39 Å². The van der Waals surface area contributed by atoms with Crippen molar-refractivity contribution in [3.63, 3.8) is 0 Å². The van der Waals surface area contributed by atoms with E-state index >= 15 is 0 Å². The number of benzene rings is 1. The van der Waals surface area contributed by atoms with Crippen LogP contribution in [0.3, 0.4) is 0 Å². The minimum atomic E-state index is -0.144. The van der Waals surface area contributed by atoms with Crippen LogP contribution in [0, 0.1) is 12.7 Å². The molecule has 1 heterocycles. The lowest BCUT2D eigenvalue weighted by atomic mass is 9.89. The minimum absolute atomic E-state index is 0.144. The molecule has 2 heteroatoms.